The zero-order valence-electron chi connectivity index (χ0n) is 14.7. The Balaban J connectivity index is 2.40. The van der Waals surface area contributed by atoms with Crippen molar-refractivity contribution in [3.8, 4) is 5.75 Å². The standard InChI is InChI=1S/C19H30N2O2/c1-4-16-23-18-11-8-7-10-17(18)12-13-19(22)20-14-9-15-21(5-2)6-3/h7-8,10-13H,4-6,9,14-16H2,1-3H3,(H,20,22)/b13-12+. The molecule has 0 aliphatic rings. The van der Waals surface area contributed by atoms with Crippen molar-refractivity contribution in [1.29, 1.82) is 0 Å². The Bertz CT molecular complexity index is 482. The molecule has 0 bridgehead atoms. The average molecular weight is 318 g/mol. The second kappa shape index (κ2) is 11.7. The zero-order valence-corrected chi connectivity index (χ0v) is 14.7. The Morgan fingerprint density at radius 2 is 1.96 bits per heavy atom. The number of amides is 1. The van der Waals surface area contributed by atoms with E-state index in [1.54, 1.807) is 6.08 Å². The molecule has 23 heavy (non-hydrogen) atoms. The van der Waals surface area contributed by atoms with Gasteiger partial charge in [0, 0.05) is 18.2 Å². The van der Waals surface area contributed by atoms with Crippen molar-refractivity contribution >= 4 is 12.0 Å². The zero-order chi connectivity index (χ0) is 16.9. The first kappa shape index (κ1) is 19.2. The van der Waals surface area contributed by atoms with Crippen molar-refractivity contribution in [3.63, 3.8) is 0 Å². The van der Waals surface area contributed by atoms with Gasteiger partial charge in [0.25, 0.3) is 0 Å². The molecule has 128 valence electrons. The third kappa shape index (κ3) is 7.84. The highest BCUT2D eigenvalue weighted by molar-refractivity contribution is 5.92. The van der Waals surface area contributed by atoms with Crippen LogP contribution in [-0.4, -0.2) is 43.6 Å². The summed E-state index contributed by atoms with van der Waals surface area (Å²) in [5, 5.41) is 2.93. The van der Waals surface area contributed by atoms with E-state index in [4.69, 9.17) is 4.74 Å². The van der Waals surface area contributed by atoms with E-state index in [1.807, 2.05) is 30.3 Å². The van der Waals surface area contributed by atoms with Crippen LogP contribution in [0.2, 0.25) is 0 Å². The van der Waals surface area contributed by atoms with Gasteiger partial charge < -0.3 is 15.0 Å². The molecule has 4 heteroatoms. The lowest BCUT2D eigenvalue weighted by molar-refractivity contribution is -0.116. The number of rotatable bonds is 11. The first-order chi connectivity index (χ1) is 11.2. The number of hydrogen-bond donors (Lipinski definition) is 1. The minimum Gasteiger partial charge on any atom is -0.493 e. The lowest BCUT2D eigenvalue weighted by Crippen LogP contribution is -2.29. The predicted octanol–water partition coefficient (Wildman–Crippen LogP) is 3.34. The highest BCUT2D eigenvalue weighted by Gasteiger charge is 2.01. The lowest BCUT2D eigenvalue weighted by atomic mass is 10.2. The van der Waals surface area contributed by atoms with E-state index < -0.39 is 0 Å². The summed E-state index contributed by atoms with van der Waals surface area (Å²) in [4.78, 5) is 14.2. The van der Waals surface area contributed by atoms with Gasteiger partial charge in [-0.05, 0) is 44.6 Å². The number of carbonyl (C=O) groups excluding carboxylic acids is 1. The van der Waals surface area contributed by atoms with Crippen molar-refractivity contribution in [2.24, 2.45) is 0 Å². The van der Waals surface area contributed by atoms with Crippen LogP contribution in [0.15, 0.2) is 30.3 Å². The van der Waals surface area contributed by atoms with Crippen molar-refractivity contribution in [3.05, 3.63) is 35.9 Å². The summed E-state index contributed by atoms with van der Waals surface area (Å²) in [5.41, 5.74) is 0.930. The smallest absolute Gasteiger partial charge is 0.244 e. The van der Waals surface area contributed by atoms with Crippen LogP contribution in [0.3, 0.4) is 0 Å². The van der Waals surface area contributed by atoms with Gasteiger partial charge in [0.1, 0.15) is 5.75 Å². The molecule has 0 radical (unpaired) electrons. The number of nitrogens with zero attached hydrogens (tertiary/aromatic N) is 1. The molecule has 0 fully saturated rings. The molecule has 1 aromatic carbocycles. The molecule has 1 rings (SSSR count). The summed E-state index contributed by atoms with van der Waals surface area (Å²) < 4.78 is 5.68. The molecule has 0 spiro atoms. The molecule has 0 saturated carbocycles. The third-order valence-corrected chi connectivity index (χ3v) is 3.64. The summed E-state index contributed by atoms with van der Waals surface area (Å²) in [7, 11) is 0. The number of para-hydroxylation sites is 1. The maximum atomic E-state index is 11.9. The van der Waals surface area contributed by atoms with E-state index in [0.717, 1.165) is 43.8 Å². The molecule has 0 unspecified atom stereocenters. The van der Waals surface area contributed by atoms with Crippen molar-refractivity contribution in [2.45, 2.75) is 33.6 Å². The van der Waals surface area contributed by atoms with Crippen LogP contribution < -0.4 is 10.1 Å². The summed E-state index contributed by atoms with van der Waals surface area (Å²) >= 11 is 0. The molecule has 1 aromatic rings. The fraction of sp³-hybridized carbons (Fsp3) is 0.526. The molecular weight excluding hydrogens is 288 g/mol. The Labute approximate surface area is 140 Å². The normalized spacial score (nSPS) is 11.1. The van der Waals surface area contributed by atoms with E-state index in [1.165, 1.54) is 0 Å². The molecule has 4 nitrogen and oxygen atoms in total. The predicted molar refractivity (Wildman–Crippen MR) is 96.7 cm³/mol. The fourth-order valence-electron chi connectivity index (χ4n) is 2.24. The first-order valence-corrected chi connectivity index (χ1v) is 8.61. The molecule has 1 amide bonds. The van der Waals surface area contributed by atoms with Crippen LogP contribution in [0.5, 0.6) is 5.75 Å². The van der Waals surface area contributed by atoms with Crippen LogP contribution in [0.4, 0.5) is 0 Å². The number of carbonyl (C=O) groups is 1. The second-order valence-corrected chi connectivity index (χ2v) is 5.39. The Kier molecular flexibility index (Phi) is 9.80. The topological polar surface area (TPSA) is 41.6 Å². The largest absolute Gasteiger partial charge is 0.493 e. The van der Waals surface area contributed by atoms with Gasteiger partial charge in [0.15, 0.2) is 0 Å². The number of ether oxygens (including phenoxy) is 1. The molecule has 0 aliphatic heterocycles. The minimum absolute atomic E-state index is 0.0603. The number of benzene rings is 1. The molecule has 0 atom stereocenters. The SMILES string of the molecule is CCCOc1ccccc1/C=C/C(=O)NCCCN(CC)CC. The van der Waals surface area contributed by atoms with E-state index in [-0.39, 0.29) is 5.91 Å². The molecule has 0 heterocycles. The van der Waals surface area contributed by atoms with Crippen molar-refractivity contribution in [1.82, 2.24) is 10.2 Å². The van der Waals surface area contributed by atoms with Crippen LogP contribution in [0.1, 0.15) is 39.2 Å². The summed E-state index contributed by atoms with van der Waals surface area (Å²) in [6.45, 7) is 10.9. The first-order valence-electron chi connectivity index (χ1n) is 8.61. The van der Waals surface area contributed by atoms with Gasteiger partial charge in [-0.25, -0.2) is 0 Å². The molecule has 0 aliphatic carbocycles. The molecule has 1 N–H and O–H groups in total. The highest BCUT2D eigenvalue weighted by Crippen LogP contribution is 2.19. The van der Waals surface area contributed by atoms with Gasteiger partial charge in [-0.2, -0.15) is 0 Å². The van der Waals surface area contributed by atoms with Gasteiger partial charge >= 0.3 is 0 Å². The van der Waals surface area contributed by atoms with Crippen LogP contribution in [0.25, 0.3) is 6.08 Å². The molecule has 0 aromatic heterocycles. The third-order valence-electron chi connectivity index (χ3n) is 3.64. The van der Waals surface area contributed by atoms with E-state index in [2.05, 4.69) is 31.0 Å². The summed E-state index contributed by atoms with van der Waals surface area (Å²) in [6, 6.07) is 7.77. The van der Waals surface area contributed by atoms with Gasteiger partial charge in [-0.15, -0.1) is 0 Å². The lowest BCUT2D eigenvalue weighted by Gasteiger charge is -2.17. The average Bonchev–Trinajstić information content (AvgIpc) is 2.59. The Morgan fingerprint density at radius 1 is 1.22 bits per heavy atom. The van der Waals surface area contributed by atoms with Crippen molar-refractivity contribution < 1.29 is 9.53 Å². The number of nitrogens with one attached hydrogen (secondary N) is 1. The molecule has 0 saturated heterocycles. The highest BCUT2D eigenvalue weighted by atomic mass is 16.5. The van der Waals surface area contributed by atoms with E-state index >= 15 is 0 Å². The molecular formula is C19H30N2O2. The minimum atomic E-state index is -0.0603. The van der Waals surface area contributed by atoms with Gasteiger partial charge in [0.2, 0.25) is 5.91 Å². The van der Waals surface area contributed by atoms with Gasteiger partial charge in [-0.3, -0.25) is 4.79 Å². The maximum Gasteiger partial charge on any atom is 0.244 e. The van der Waals surface area contributed by atoms with Crippen LogP contribution in [0, 0.1) is 0 Å². The quantitative estimate of drug-likeness (QED) is 0.502. The monoisotopic (exact) mass is 318 g/mol. The maximum absolute atomic E-state index is 11.9. The van der Waals surface area contributed by atoms with Gasteiger partial charge in [-0.1, -0.05) is 39.0 Å². The number of hydrogen-bond acceptors (Lipinski definition) is 3. The summed E-state index contributed by atoms with van der Waals surface area (Å²) in [5.74, 6) is 0.759. The van der Waals surface area contributed by atoms with Crippen LogP contribution >= 0.6 is 0 Å². The van der Waals surface area contributed by atoms with E-state index in [9.17, 15) is 4.79 Å². The fourth-order valence-corrected chi connectivity index (χ4v) is 2.24. The van der Waals surface area contributed by atoms with Crippen molar-refractivity contribution in [2.75, 3.05) is 32.8 Å². The Hall–Kier alpha value is -1.81. The van der Waals surface area contributed by atoms with E-state index in [0.29, 0.717) is 13.2 Å². The Morgan fingerprint density at radius 3 is 2.65 bits per heavy atom. The second-order valence-electron chi connectivity index (χ2n) is 5.39. The van der Waals surface area contributed by atoms with Gasteiger partial charge in [0.05, 0.1) is 6.61 Å². The van der Waals surface area contributed by atoms with Crippen LogP contribution in [-0.2, 0) is 4.79 Å². The summed E-state index contributed by atoms with van der Waals surface area (Å²) in [6.07, 6.45) is 5.32.